The molecule has 0 N–H and O–H groups in total. The number of nitro benzene ring substituents is 1. The number of nitrogens with zero attached hydrogens (tertiary/aromatic N) is 3. The molecule has 1 aliphatic heterocycles. The number of esters is 1. The summed E-state index contributed by atoms with van der Waals surface area (Å²) in [6.45, 7) is 2.87. The second-order valence-electron chi connectivity index (χ2n) is 6.13. The van der Waals surface area contributed by atoms with Gasteiger partial charge in [0.25, 0.3) is 5.69 Å². The zero-order chi connectivity index (χ0) is 18.5. The second-order valence-corrected chi connectivity index (χ2v) is 6.13. The van der Waals surface area contributed by atoms with Gasteiger partial charge in [0.2, 0.25) is 0 Å². The van der Waals surface area contributed by atoms with Crippen LogP contribution in [0.15, 0.2) is 54.6 Å². The molecule has 0 amide bonds. The number of hydrogen-bond acceptors (Lipinski definition) is 6. The highest BCUT2D eigenvalue weighted by Gasteiger charge is 2.31. The van der Waals surface area contributed by atoms with Crippen LogP contribution in [0, 0.1) is 10.1 Å². The van der Waals surface area contributed by atoms with Crippen LogP contribution in [0.3, 0.4) is 0 Å². The summed E-state index contributed by atoms with van der Waals surface area (Å²) in [6.07, 6.45) is 0. The van der Waals surface area contributed by atoms with Crippen molar-refractivity contribution in [1.82, 2.24) is 4.90 Å². The van der Waals surface area contributed by atoms with E-state index in [1.807, 2.05) is 30.3 Å². The smallest absolute Gasteiger partial charge is 0.327 e. The van der Waals surface area contributed by atoms with Crippen LogP contribution in [-0.2, 0) is 9.53 Å². The molecule has 136 valence electrons. The van der Waals surface area contributed by atoms with Gasteiger partial charge in [-0.25, -0.2) is 4.79 Å². The molecule has 2 aromatic rings. The molecule has 1 saturated heterocycles. The van der Waals surface area contributed by atoms with Gasteiger partial charge in [-0.05, 0) is 17.7 Å². The van der Waals surface area contributed by atoms with E-state index < -0.39 is 11.0 Å². The average molecular weight is 355 g/mol. The first-order valence-electron chi connectivity index (χ1n) is 8.46. The Labute approximate surface area is 151 Å². The molecule has 1 heterocycles. The molecule has 0 aromatic heterocycles. The number of non-ortho nitro benzene ring substituents is 1. The van der Waals surface area contributed by atoms with Crippen LogP contribution in [0.2, 0.25) is 0 Å². The summed E-state index contributed by atoms with van der Waals surface area (Å²) in [5.74, 6) is -0.264. The number of carbonyl (C=O) groups is 1. The zero-order valence-electron chi connectivity index (χ0n) is 14.6. The Morgan fingerprint density at radius 1 is 1.04 bits per heavy atom. The Bertz CT molecular complexity index is 756. The van der Waals surface area contributed by atoms with E-state index in [2.05, 4.69) is 9.80 Å². The van der Waals surface area contributed by atoms with Crippen molar-refractivity contribution in [1.29, 1.82) is 0 Å². The molecule has 3 rings (SSSR count). The van der Waals surface area contributed by atoms with E-state index in [1.54, 1.807) is 12.1 Å². The molecule has 7 heteroatoms. The fourth-order valence-electron chi connectivity index (χ4n) is 3.27. The lowest BCUT2D eigenvalue weighted by Gasteiger charge is -2.39. The van der Waals surface area contributed by atoms with Crippen molar-refractivity contribution in [2.45, 2.75) is 6.04 Å². The number of hydrogen-bond donors (Lipinski definition) is 0. The van der Waals surface area contributed by atoms with Gasteiger partial charge in [-0.1, -0.05) is 30.3 Å². The maximum Gasteiger partial charge on any atom is 0.327 e. The predicted molar refractivity (Wildman–Crippen MR) is 98.1 cm³/mol. The van der Waals surface area contributed by atoms with Crippen molar-refractivity contribution in [3.05, 3.63) is 70.3 Å². The Morgan fingerprint density at radius 2 is 1.65 bits per heavy atom. The van der Waals surface area contributed by atoms with E-state index in [0.717, 1.165) is 24.3 Å². The van der Waals surface area contributed by atoms with Gasteiger partial charge in [0.15, 0.2) is 0 Å². The highest BCUT2D eigenvalue weighted by molar-refractivity contribution is 5.77. The number of piperazine rings is 1. The number of benzene rings is 2. The number of ether oxygens (including phenoxy) is 1. The molecule has 1 unspecified atom stereocenters. The van der Waals surface area contributed by atoms with Gasteiger partial charge in [-0.15, -0.1) is 0 Å². The Hall–Kier alpha value is -2.93. The van der Waals surface area contributed by atoms with Crippen LogP contribution in [0.5, 0.6) is 0 Å². The predicted octanol–water partition coefficient (Wildman–Crippen LogP) is 2.63. The van der Waals surface area contributed by atoms with Gasteiger partial charge in [0.05, 0.1) is 12.0 Å². The highest BCUT2D eigenvalue weighted by Crippen LogP contribution is 2.26. The number of methoxy groups -OCH3 is 1. The van der Waals surface area contributed by atoms with Gasteiger partial charge in [0.1, 0.15) is 6.04 Å². The molecule has 0 radical (unpaired) electrons. The Kier molecular flexibility index (Phi) is 5.48. The molecule has 0 bridgehead atoms. The fourth-order valence-corrected chi connectivity index (χ4v) is 3.27. The van der Waals surface area contributed by atoms with Gasteiger partial charge in [-0.3, -0.25) is 15.0 Å². The third kappa shape index (κ3) is 3.83. The van der Waals surface area contributed by atoms with Crippen LogP contribution in [0.1, 0.15) is 11.6 Å². The number of nitro groups is 1. The molecule has 0 saturated carbocycles. The third-order valence-corrected chi connectivity index (χ3v) is 4.64. The summed E-state index contributed by atoms with van der Waals surface area (Å²) >= 11 is 0. The van der Waals surface area contributed by atoms with Crippen LogP contribution < -0.4 is 4.90 Å². The normalized spacial score (nSPS) is 16.1. The standard InChI is InChI=1S/C19H21N3O4/c1-26-19(23)18(15-5-3-2-4-6-15)21-13-11-20(12-14-21)16-7-9-17(10-8-16)22(24)25/h2-10,18H,11-14H2,1H3. The van der Waals surface area contributed by atoms with Gasteiger partial charge < -0.3 is 9.64 Å². The van der Waals surface area contributed by atoms with E-state index in [0.29, 0.717) is 13.1 Å². The van der Waals surface area contributed by atoms with Crippen molar-refractivity contribution in [3.8, 4) is 0 Å². The summed E-state index contributed by atoms with van der Waals surface area (Å²) < 4.78 is 5.01. The lowest BCUT2D eigenvalue weighted by molar-refractivity contribution is -0.384. The number of rotatable bonds is 5. The molecule has 0 spiro atoms. The SMILES string of the molecule is COC(=O)C(c1ccccc1)N1CCN(c2ccc([N+](=O)[O-])cc2)CC1. The van der Waals surface area contributed by atoms with Crippen LogP contribution in [-0.4, -0.2) is 49.1 Å². The van der Waals surface area contributed by atoms with E-state index in [1.165, 1.54) is 19.2 Å². The summed E-state index contributed by atoms with van der Waals surface area (Å²) in [6, 6.07) is 15.8. The molecule has 0 aliphatic carbocycles. The second kappa shape index (κ2) is 7.97. The third-order valence-electron chi connectivity index (χ3n) is 4.64. The fraction of sp³-hybridized carbons (Fsp3) is 0.316. The largest absolute Gasteiger partial charge is 0.468 e. The minimum absolute atomic E-state index is 0.0854. The maximum absolute atomic E-state index is 12.3. The summed E-state index contributed by atoms with van der Waals surface area (Å²) in [5, 5.41) is 10.8. The quantitative estimate of drug-likeness (QED) is 0.466. The van der Waals surface area contributed by atoms with E-state index in [-0.39, 0.29) is 11.7 Å². The molecule has 26 heavy (non-hydrogen) atoms. The first-order valence-corrected chi connectivity index (χ1v) is 8.46. The van der Waals surface area contributed by atoms with Gasteiger partial charge in [0, 0.05) is 44.0 Å². The van der Waals surface area contributed by atoms with Crippen LogP contribution in [0.25, 0.3) is 0 Å². The zero-order valence-corrected chi connectivity index (χ0v) is 14.6. The minimum atomic E-state index is -0.416. The van der Waals surface area contributed by atoms with Crippen LogP contribution in [0.4, 0.5) is 11.4 Å². The van der Waals surface area contributed by atoms with E-state index >= 15 is 0 Å². The molecule has 1 fully saturated rings. The average Bonchev–Trinajstić information content (AvgIpc) is 2.69. The first kappa shape index (κ1) is 17.9. The van der Waals surface area contributed by atoms with Crippen molar-refractivity contribution < 1.29 is 14.5 Å². The van der Waals surface area contributed by atoms with Gasteiger partial charge >= 0.3 is 5.97 Å². The molecule has 1 aliphatic rings. The Balaban J connectivity index is 1.69. The Morgan fingerprint density at radius 3 is 2.19 bits per heavy atom. The van der Waals surface area contributed by atoms with Gasteiger partial charge in [-0.2, -0.15) is 0 Å². The summed E-state index contributed by atoms with van der Waals surface area (Å²) in [5.41, 5.74) is 1.95. The summed E-state index contributed by atoms with van der Waals surface area (Å²) in [4.78, 5) is 27.0. The van der Waals surface area contributed by atoms with Crippen molar-refractivity contribution in [2.24, 2.45) is 0 Å². The maximum atomic E-state index is 12.3. The van der Waals surface area contributed by atoms with Crippen molar-refractivity contribution in [3.63, 3.8) is 0 Å². The molecule has 1 atom stereocenters. The molecule has 7 nitrogen and oxygen atoms in total. The van der Waals surface area contributed by atoms with Crippen molar-refractivity contribution >= 4 is 17.3 Å². The molecular formula is C19H21N3O4. The lowest BCUT2D eigenvalue weighted by atomic mass is 10.0. The topological polar surface area (TPSA) is 75.9 Å². The minimum Gasteiger partial charge on any atom is -0.468 e. The lowest BCUT2D eigenvalue weighted by Crippen LogP contribution is -2.49. The van der Waals surface area contributed by atoms with Crippen LogP contribution >= 0.6 is 0 Å². The molecule has 2 aromatic carbocycles. The monoisotopic (exact) mass is 355 g/mol. The van der Waals surface area contributed by atoms with E-state index in [9.17, 15) is 14.9 Å². The molecular weight excluding hydrogens is 334 g/mol. The van der Waals surface area contributed by atoms with Crippen molar-refractivity contribution in [2.75, 3.05) is 38.2 Å². The summed E-state index contributed by atoms with van der Waals surface area (Å²) in [7, 11) is 1.41. The van der Waals surface area contributed by atoms with E-state index in [4.69, 9.17) is 4.74 Å². The first-order chi connectivity index (χ1) is 12.6. The highest BCUT2D eigenvalue weighted by atomic mass is 16.6. The number of anilines is 1. The number of carbonyl (C=O) groups excluding carboxylic acids is 1.